The number of anilines is 2. The van der Waals surface area contributed by atoms with Crippen molar-refractivity contribution in [3.05, 3.63) is 89.5 Å². The van der Waals surface area contributed by atoms with Crippen molar-refractivity contribution in [3.8, 4) is 5.75 Å². The molecule has 3 aromatic carbocycles. The van der Waals surface area contributed by atoms with Crippen LogP contribution in [0.3, 0.4) is 0 Å². The summed E-state index contributed by atoms with van der Waals surface area (Å²) in [5.41, 5.74) is 3.52. The van der Waals surface area contributed by atoms with Crippen LogP contribution in [-0.4, -0.2) is 26.7 Å². The topological polar surface area (TPSA) is 75.7 Å². The van der Waals surface area contributed by atoms with Crippen molar-refractivity contribution in [1.29, 1.82) is 0 Å². The summed E-state index contributed by atoms with van der Waals surface area (Å²) in [6, 6.07) is 21.5. The van der Waals surface area contributed by atoms with Crippen molar-refractivity contribution in [2.75, 3.05) is 15.9 Å². The fourth-order valence-electron chi connectivity index (χ4n) is 3.20. The maximum absolute atomic E-state index is 12.6. The third kappa shape index (κ3) is 6.34. The normalized spacial score (nSPS) is 11.3. The number of nitrogens with zero attached hydrogens (tertiary/aromatic N) is 1. The van der Waals surface area contributed by atoms with Crippen LogP contribution < -0.4 is 14.4 Å². The highest BCUT2D eigenvalue weighted by Crippen LogP contribution is 2.22. The van der Waals surface area contributed by atoms with E-state index in [1.807, 2.05) is 51.1 Å². The number of hydrogen-bond acceptors (Lipinski definition) is 4. The van der Waals surface area contributed by atoms with Gasteiger partial charge in [0.15, 0.2) is 0 Å². The first-order chi connectivity index (χ1) is 15.1. The Bertz CT molecular complexity index is 1170. The van der Waals surface area contributed by atoms with Crippen LogP contribution in [0, 0.1) is 6.92 Å². The van der Waals surface area contributed by atoms with Gasteiger partial charge in [0.1, 0.15) is 5.75 Å². The summed E-state index contributed by atoms with van der Waals surface area (Å²) in [5, 5.41) is 2.85. The van der Waals surface area contributed by atoms with E-state index in [-0.39, 0.29) is 18.6 Å². The van der Waals surface area contributed by atoms with Crippen molar-refractivity contribution in [1.82, 2.24) is 0 Å². The number of sulfonamides is 1. The van der Waals surface area contributed by atoms with E-state index in [1.54, 1.807) is 42.5 Å². The van der Waals surface area contributed by atoms with Gasteiger partial charge in [-0.25, -0.2) is 8.42 Å². The molecule has 0 atom stereocenters. The summed E-state index contributed by atoms with van der Waals surface area (Å²) < 4.78 is 31.7. The molecule has 3 rings (SSSR count). The number of nitrogens with one attached hydrogen (secondary N) is 1. The lowest BCUT2D eigenvalue weighted by Gasteiger charge is -2.23. The molecule has 0 saturated heterocycles. The maximum atomic E-state index is 12.6. The number of hydrogen-bond donors (Lipinski definition) is 1. The van der Waals surface area contributed by atoms with Crippen LogP contribution in [0.15, 0.2) is 72.8 Å². The zero-order chi connectivity index (χ0) is 23.3. The highest BCUT2D eigenvalue weighted by atomic mass is 32.2. The molecule has 0 bridgehead atoms. The van der Waals surface area contributed by atoms with Crippen LogP contribution in [-0.2, 0) is 16.6 Å². The first kappa shape index (κ1) is 23.3. The summed E-state index contributed by atoms with van der Waals surface area (Å²) in [5.74, 6) is 0.499. The number of carbonyl (C=O) groups is 1. The number of rotatable bonds is 8. The molecule has 1 amide bonds. The number of benzene rings is 3. The van der Waals surface area contributed by atoms with Crippen LogP contribution in [0.1, 0.15) is 35.3 Å². The van der Waals surface area contributed by atoms with Crippen molar-refractivity contribution < 1.29 is 17.9 Å². The molecule has 0 saturated carbocycles. The fraction of sp³-hybridized carbons (Fsp3) is 0.240. The summed E-state index contributed by atoms with van der Waals surface area (Å²) in [7, 11) is -3.47. The molecule has 0 aliphatic heterocycles. The first-order valence-corrected chi connectivity index (χ1v) is 12.2. The van der Waals surface area contributed by atoms with Gasteiger partial charge >= 0.3 is 0 Å². The molecule has 6 nitrogen and oxygen atoms in total. The lowest BCUT2D eigenvalue weighted by molar-refractivity contribution is 0.102. The first-order valence-electron chi connectivity index (χ1n) is 10.3. The van der Waals surface area contributed by atoms with E-state index in [0.29, 0.717) is 16.9 Å². The van der Waals surface area contributed by atoms with Crippen LogP contribution in [0.25, 0.3) is 0 Å². The molecular weight excluding hydrogens is 424 g/mol. The Kier molecular flexibility index (Phi) is 7.20. The minimum absolute atomic E-state index is 0.0819. The van der Waals surface area contributed by atoms with E-state index in [2.05, 4.69) is 5.32 Å². The van der Waals surface area contributed by atoms with E-state index in [4.69, 9.17) is 4.74 Å². The molecule has 0 aliphatic carbocycles. The largest absolute Gasteiger partial charge is 0.491 e. The Morgan fingerprint density at radius 2 is 1.66 bits per heavy atom. The second-order valence-corrected chi connectivity index (χ2v) is 9.86. The van der Waals surface area contributed by atoms with Gasteiger partial charge in [0.2, 0.25) is 10.0 Å². The lowest BCUT2D eigenvalue weighted by atomic mass is 10.1. The molecule has 3 aromatic rings. The SMILES string of the molecule is Cc1cccc(N(Cc2ccc(C(=O)Nc3ccc(OC(C)C)cc3)cc2)S(C)(=O)=O)c1. The molecule has 168 valence electrons. The van der Waals surface area contributed by atoms with Crippen LogP contribution in [0.4, 0.5) is 11.4 Å². The minimum atomic E-state index is -3.47. The van der Waals surface area contributed by atoms with Gasteiger partial charge in [-0.2, -0.15) is 0 Å². The zero-order valence-corrected chi connectivity index (χ0v) is 19.5. The summed E-state index contributed by atoms with van der Waals surface area (Å²) in [6.45, 7) is 6.01. The highest BCUT2D eigenvalue weighted by molar-refractivity contribution is 7.92. The van der Waals surface area contributed by atoms with E-state index < -0.39 is 10.0 Å². The number of aryl methyl sites for hydroxylation is 1. The van der Waals surface area contributed by atoms with E-state index in [1.165, 1.54) is 10.6 Å². The minimum Gasteiger partial charge on any atom is -0.491 e. The molecule has 0 aliphatic rings. The van der Waals surface area contributed by atoms with E-state index >= 15 is 0 Å². The average Bonchev–Trinajstić information content (AvgIpc) is 2.72. The molecule has 0 aromatic heterocycles. The second-order valence-electron chi connectivity index (χ2n) is 7.95. The molecule has 0 heterocycles. The van der Waals surface area contributed by atoms with Crippen LogP contribution in [0.5, 0.6) is 5.75 Å². The van der Waals surface area contributed by atoms with Gasteiger partial charge in [-0.05, 0) is 80.4 Å². The molecule has 7 heteroatoms. The standard InChI is InChI=1S/C25H28N2O4S/c1-18(2)31-24-14-12-22(13-15-24)26-25(28)21-10-8-20(9-11-21)17-27(32(4,29)30)23-7-5-6-19(3)16-23/h5-16,18H,17H2,1-4H3,(H,26,28). The zero-order valence-electron chi connectivity index (χ0n) is 18.7. The van der Waals surface area contributed by atoms with Gasteiger partial charge in [-0.15, -0.1) is 0 Å². The van der Waals surface area contributed by atoms with E-state index in [9.17, 15) is 13.2 Å². The molecule has 0 spiro atoms. The average molecular weight is 453 g/mol. The van der Waals surface area contributed by atoms with Crippen molar-refractivity contribution in [3.63, 3.8) is 0 Å². The van der Waals surface area contributed by atoms with Gasteiger partial charge in [-0.3, -0.25) is 9.10 Å². The molecule has 32 heavy (non-hydrogen) atoms. The summed E-state index contributed by atoms with van der Waals surface area (Å²) in [6.07, 6.45) is 1.27. The number of carbonyl (C=O) groups excluding carboxylic acids is 1. The van der Waals surface area contributed by atoms with Gasteiger partial charge < -0.3 is 10.1 Å². The van der Waals surface area contributed by atoms with Crippen molar-refractivity contribution in [2.45, 2.75) is 33.4 Å². The predicted octanol–water partition coefficient (Wildman–Crippen LogP) is 5.00. The second kappa shape index (κ2) is 9.87. The molecular formula is C25H28N2O4S. The van der Waals surface area contributed by atoms with E-state index in [0.717, 1.165) is 16.9 Å². The Morgan fingerprint density at radius 1 is 1.00 bits per heavy atom. The van der Waals surface area contributed by atoms with Gasteiger partial charge in [0, 0.05) is 11.3 Å². The van der Waals surface area contributed by atoms with Gasteiger partial charge in [0.05, 0.1) is 24.6 Å². The van der Waals surface area contributed by atoms with Crippen molar-refractivity contribution >= 4 is 27.3 Å². The van der Waals surface area contributed by atoms with Crippen LogP contribution in [0.2, 0.25) is 0 Å². The number of amides is 1. The summed E-state index contributed by atoms with van der Waals surface area (Å²) >= 11 is 0. The summed E-state index contributed by atoms with van der Waals surface area (Å²) in [4.78, 5) is 12.6. The quantitative estimate of drug-likeness (QED) is 0.522. The number of ether oxygens (including phenoxy) is 1. The third-order valence-corrected chi connectivity index (χ3v) is 5.86. The molecule has 1 N–H and O–H groups in total. The Morgan fingerprint density at radius 3 is 2.22 bits per heavy atom. The highest BCUT2D eigenvalue weighted by Gasteiger charge is 2.18. The fourth-order valence-corrected chi connectivity index (χ4v) is 4.08. The monoisotopic (exact) mass is 452 g/mol. The Labute approximate surface area is 189 Å². The maximum Gasteiger partial charge on any atom is 0.255 e. The van der Waals surface area contributed by atoms with Crippen molar-refractivity contribution in [2.24, 2.45) is 0 Å². The molecule has 0 fully saturated rings. The van der Waals surface area contributed by atoms with Gasteiger partial charge in [-0.1, -0.05) is 24.3 Å². The Balaban J connectivity index is 1.70. The molecule has 0 unspecified atom stereocenters. The van der Waals surface area contributed by atoms with Gasteiger partial charge in [0.25, 0.3) is 5.91 Å². The smallest absolute Gasteiger partial charge is 0.255 e. The molecule has 0 radical (unpaired) electrons. The lowest BCUT2D eigenvalue weighted by Crippen LogP contribution is -2.29. The predicted molar refractivity (Wildman–Crippen MR) is 129 cm³/mol. The third-order valence-electron chi connectivity index (χ3n) is 4.72. The van der Waals surface area contributed by atoms with Crippen LogP contribution >= 0.6 is 0 Å². The Hall–Kier alpha value is -3.32.